The van der Waals surface area contributed by atoms with Gasteiger partial charge in [-0.05, 0) is 19.4 Å². The van der Waals surface area contributed by atoms with Gasteiger partial charge in [0.2, 0.25) is 0 Å². The van der Waals surface area contributed by atoms with Crippen molar-refractivity contribution in [3.63, 3.8) is 0 Å². The van der Waals surface area contributed by atoms with E-state index in [2.05, 4.69) is 0 Å². The number of aliphatic hydroxyl groups is 1. The molecule has 0 radical (unpaired) electrons. The molecule has 0 amide bonds. The van der Waals surface area contributed by atoms with Gasteiger partial charge in [0, 0.05) is 17.7 Å². The maximum Gasteiger partial charge on any atom is 0.270 e. The smallest absolute Gasteiger partial charge is 0.270 e. The molecule has 1 rings (SSSR count). The molecule has 1 unspecified atom stereocenters. The summed E-state index contributed by atoms with van der Waals surface area (Å²) < 4.78 is 5.40. The van der Waals surface area contributed by atoms with Crippen LogP contribution in [0.3, 0.4) is 0 Å². The first kappa shape index (κ1) is 13.9. The van der Waals surface area contributed by atoms with Crippen LogP contribution in [0.5, 0.6) is 5.75 Å². The van der Waals surface area contributed by atoms with Crippen molar-refractivity contribution in [2.75, 3.05) is 0 Å². The van der Waals surface area contributed by atoms with Crippen LogP contribution in [-0.2, 0) is 0 Å². The Morgan fingerprint density at radius 3 is 2.72 bits per heavy atom. The molecule has 1 aromatic carbocycles. The van der Waals surface area contributed by atoms with Gasteiger partial charge >= 0.3 is 0 Å². The van der Waals surface area contributed by atoms with Gasteiger partial charge in [0.25, 0.3) is 5.69 Å². The molecule has 0 saturated carbocycles. The van der Waals surface area contributed by atoms with Crippen LogP contribution < -0.4 is 4.74 Å². The third kappa shape index (κ3) is 3.18. The molecule has 96 valence electrons. The fraction of sp³-hybridized carbons (Fsp3) is 0.417. The Hall–Kier alpha value is -2.13. The van der Waals surface area contributed by atoms with E-state index < -0.39 is 17.1 Å². The summed E-state index contributed by atoms with van der Waals surface area (Å²) in [6.45, 7) is 3.28. The molecular weight excluding hydrogens is 236 g/mol. The van der Waals surface area contributed by atoms with Crippen LogP contribution in [0, 0.1) is 21.4 Å². The van der Waals surface area contributed by atoms with Crippen LogP contribution in [0.15, 0.2) is 18.2 Å². The largest absolute Gasteiger partial charge is 0.475 e. The number of ether oxygens (including phenoxy) is 1. The third-order valence-electron chi connectivity index (χ3n) is 2.44. The number of nitrogens with zero attached hydrogens (tertiary/aromatic N) is 2. The second-order valence-electron chi connectivity index (χ2n) is 3.80. The lowest BCUT2D eigenvalue weighted by atomic mass is 10.1. The SMILES string of the molecule is CCC(C#N)Oc1ccc([N+](=O)[O-])cc1[C@H](C)O. The molecule has 0 aliphatic heterocycles. The zero-order valence-electron chi connectivity index (χ0n) is 10.2. The lowest BCUT2D eigenvalue weighted by Gasteiger charge is -2.15. The van der Waals surface area contributed by atoms with Crippen molar-refractivity contribution in [3.8, 4) is 11.8 Å². The van der Waals surface area contributed by atoms with E-state index in [9.17, 15) is 15.2 Å². The highest BCUT2D eigenvalue weighted by Crippen LogP contribution is 2.30. The first-order valence-electron chi connectivity index (χ1n) is 5.52. The first-order valence-corrected chi connectivity index (χ1v) is 5.52. The predicted octanol–water partition coefficient (Wildman–Crippen LogP) is 2.33. The number of rotatable bonds is 5. The molecule has 0 bridgehead atoms. The minimum atomic E-state index is -0.906. The Balaban J connectivity index is 3.12. The predicted molar refractivity (Wildman–Crippen MR) is 64.1 cm³/mol. The highest BCUT2D eigenvalue weighted by molar-refractivity contribution is 5.45. The molecule has 18 heavy (non-hydrogen) atoms. The van der Waals surface area contributed by atoms with Gasteiger partial charge in [-0.25, -0.2) is 0 Å². The van der Waals surface area contributed by atoms with Crippen LogP contribution in [0.25, 0.3) is 0 Å². The van der Waals surface area contributed by atoms with E-state index in [4.69, 9.17) is 10.00 Å². The third-order valence-corrected chi connectivity index (χ3v) is 2.44. The molecule has 0 fully saturated rings. The van der Waals surface area contributed by atoms with Crippen molar-refractivity contribution in [2.24, 2.45) is 0 Å². The summed E-state index contributed by atoms with van der Waals surface area (Å²) in [6.07, 6.45) is -1.05. The molecule has 0 aliphatic rings. The Morgan fingerprint density at radius 2 is 2.28 bits per heavy atom. The lowest BCUT2D eigenvalue weighted by molar-refractivity contribution is -0.385. The number of hydrogen-bond acceptors (Lipinski definition) is 5. The van der Waals surface area contributed by atoms with Crippen molar-refractivity contribution in [1.82, 2.24) is 0 Å². The van der Waals surface area contributed by atoms with Gasteiger partial charge in [-0.1, -0.05) is 6.92 Å². The molecule has 6 nitrogen and oxygen atoms in total. The van der Waals surface area contributed by atoms with Gasteiger partial charge in [0.1, 0.15) is 11.8 Å². The average Bonchev–Trinajstić information content (AvgIpc) is 2.35. The summed E-state index contributed by atoms with van der Waals surface area (Å²) in [7, 11) is 0. The first-order chi connectivity index (χ1) is 8.49. The molecular formula is C12H14N2O4. The maximum atomic E-state index is 10.7. The number of benzene rings is 1. The maximum absolute atomic E-state index is 10.7. The van der Waals surface area contributed by atoms with Crippen molar-refractivity contribution in [2.45, 2.75) is 32.5 Å². The normalized spacial score (nSPS) is 13.4. The molecule has 0 saturated heterocycles. The van der Waals surface area contributed by atoms with Crippen molar-refractivity contribution >= 4 is 5.69 Å². The number of nitro benzene ring substituents is 1. The molecule has 2 atom stereocenters. The van der Waals surface area contributed by atoms with Crippen LogP contribution in [0.1, 0.15) is 31.9 Å². The molecule has 0 spiro atoms. The molecule has 0 aliphatic carbocycles. The quantitative estimate of drug-likeness (QED) is 0.639. The van der Waals surface area contributed by atoms with Crippen molar-refractivity contribution in [1.29, 1.82) is 5.26 Å². The molecule has 0 heterocycles. The number of non-ortho nitro benzene ring substituents is 1. The van der Waals surface area contributed by atoms with Crippen LogP contribution in [-0.4, -0.2) is 16.1 Å². The fourth-order valence-corrected chi connectivity index (χ4v) is 1.44. The Bertz CT molecular complexity index is 479. The van der Waals surface area contributed by atoms with Gasteiger partial charge < -0.3 is 9.84 Å². The van der Waals surface area contributed by atoms with Crippen LogP contribution in [0.4, 0.5) is 5.69 Å². The van der Waals surface area contributed by atoms with Gasteiger partial charge in [-0.15, -0.1) is 0 Å². The summed E-state index contributed by atoms with van der Waals surface area (Å²) in [4.78, 5) is 10.1. The zero-order valence-corrected chi connectivity index (χ0v) is 10.2. The number of aliphatic hydroxyl groups excluding tert-OH is 1. The van der Waals surface area contributed by atoms with Crippen molar-refractivity contribution < 1.29 is 14.8 Å². The number of hydrogen-bond donors (Lipinski definition) is 1. The topological polar surface area (TPSA) is 96.4 Å². The highest BCUT2D eigenvalue weighted by Gasteiger charge is 2.17. The summed E-state index contributed by atoms with van der Waals surface area (Å²) >= 11 is 0. The Morgan fingerprint density at radius 1 is 1.61 bits per heavy atom. The van der Waals surface area contributed by atoms with E-state index >= 15 is 0 Å². The van der Waals surface area contributed by atoms with Gasteiger partial charge in [-0.2, -0.15) is 5.26 Å². The second-order valence-corrected chi connectivity index (χ2v) is 3.80. The standard InChI is InChI=1S/C12H14N2O4/c1-3-10(7-13)18-12-5-4-9(14(16)17)6-11(12)8(2)15/h4-6,8,10,15H,3H2,1-2H3/t8-,10?/m0/s1. The van der Waals surface area contributed by atoms with E-state index in [1.54, 1.807) is 6.92 Å². The molecule has 6 heteroatoms. The lowest BCUT2D eigenvalue weighted by Crippen LogP contribution is -2.14. The Kier molecular flexibility index (Phi) is 4.63. The molecule has 0 aromatic heterocycles. The summed E-state index contributed by atoms with van der Waals surface area (Å²) in [5.41, 5.74) is 0.182. The number of nitriles is 1. The minimum absolute atomic E-state index is 0.122. The summed E-state index contributed by atoms with van der Waals surface area (Å²) in [5.74, 6) is 0.295. The van der Waals surface area contributed by atoms with E-state index in [1.165, 1.54) is 25.1 Å². The molecule has 1 N–H and O–H groups in total. The van der Waals surface area contributed by atoms with E-state index in [1.807, 2.05) is 6.07 Å². The second kappa shape index (κ2) is 5.98. The molecule has 1 aromatic rings. The fourth-order valence-electron chi connectivity index (χ4n) is 1.44. The van der Waals surface area contributed by atoms with E-state index in [-0.39, 0.29) is 5.69 Å². The van der Waals surface area contributed by atoms with Gasteiger partial charge in [-0.3, -0.25) is 10.1 Å². The summed E-state index contributed by atoms with van der Waals surface area (Å²) in [5, 5.41) is 29.0. The van der Waals surface area contributed by atoms with Gasteiger partial charge in [0.15, 0.2) is 6.10 Å². The van der Waals surface area contributed by atoms with E-state index in [0.717, 1.165) is 0 Å². The monoisotopic (exact) mass is 250 g/mol. The highest BCUT2D eigenvalue weighted by atomic mass is 16.6. The van der Waals surface area contributed by atoms with Crippen molar-refractivity contribution in [3.05, 3.63) is 33.9 Å². The minimum Gasteiger partial charge on any atom is -0.475 e. The van der Waals surface area contributed by atoms with Crippen LogP contribution in [0.2, 0.25) is 0 Å². The van der Waals surface area contributed by atoms with Crippen LogP contribution >= 0.6 is 0 Å². The van der Waals surface area contributed by atoms with E-state index in [0.29, 0.717) is 17.7 Å². The Labute approximate surface area is 105 Å². The number of nitro groups is 1. The average molecular weight is 250 g/mol. The zero-order chi connectivity index (χ0) is 13.7. The van der Waals surface area contributed by atoms with Gasteiger partial charge in [0.05, 0.1) is 11.0 Å². The summed E-state index contributed by atoms with van der Waals surface area (Å²) in [6, 6.07) is 5.91.